The van der Waals surface area contributed by atoms with Crippen LogP contribution in [-0.4, -0.2) is 36.8 Å². The summed E-state index contributed by atoms with van der Waals surface area (Å²) >= 11 is 0. The first-order valence-electron chi connectivity index (χ1n) is 7.85. The molecule has 0 fully saturated rings. The number of aryl methyl sites for hydroxylation is 2. The monoisotopic (exact) mass is 302 g/mol. The third kappa shape index (κ3) is 2.88. The average molecular weight is 302 g/mol. The van der Waals surface area contributed by atoms with E-state index in [0.717, 1.165) is 43.0 Å². The second-order valence-corrected chi connectivity index (χ2v) is 5.77. The predicted octanol–water partition coefficient (Wildman–Crippen LogP) is 1.25. The molecule has 1 aliphatic heterocycles. The summed E-state index contributed by atoms with van der Waals surface area (Å²) in [5, 5.41) is 11.2. The summed E-state index contributed by atoms with van der Waals surface area (Å²) in [7, 11) is 0. The summed E-state index contributed by atoms with van der Waals surface area (Å²) in [6.07, 6.45) is 6.11. The Labute approximate surface area is 129 Å². The molecule has 118 valence electrons. The van der Waals surface area contributed by atoms with E-state index in [1.165, 1.54) is 6.42 Å². The first kappa shape index (κ1) is 14.7. The van der Waals surface area contributed by atoms with Crippen molar-refractivity contribution in [3.8, 4) is 0 Å². The van der Waals surface area contributed by atoms with Crippen molar-refractivity contribution in [1.82, 2.24) is 29.6 Å². The molecule has 1 aliphatic rings. The van der Waals surface area contributed by atoms with Crippen LogP contribution in [0.4, 0.5) is 0 Å². The topological polar surface area (TPSA) is 77.6 Å². The molecule has 0 radical (unpaired) electrons. The first-order chi connectivity index (χ1) is 10.7. The molecule has 0 bridgehead atoms. The van der Waals surface area contributed by atoms with Crippen LogP contribution in [0.15, 0.2) is 6.33 Å². The first-order valence-corrected chi connectivity index (χ1v) is 7.85. The van der Waals surface area contributed by atoms with Crippen molar-refractivity contribution in [3.63, 3.8) is 0 Å². The zero-order valence-electron chi connectivity index (χ0n) is 13.2. The van der Waals surface area contributed by atoms with Crippen molar-refractivity contribution in [3.05, 3.63) is 29.4 Å². The van der Waals surface area contributed by atoms with Gasteiger partial charge in [-0.1, -0.05) is 6.42 Å². The Kier molecular flexibility index (Phi) is 4.22. The van der Waals surface area contributed by atoms with Gasteiger partial charge in [0.05, 0.1) is 12.0 Å². The highest BCUT2D eigenvalue weighted by Crippen LogP contribution is 2.14. The van der Waals surface area contributed by atoms with Crippen molar-refractivity contribution < 1.29 is 4.79 Å². The lowest BCUT2D eigenvalue weighted by Crippen LogP contribution is -2.30. The third-order valence-electron chi connectivity index (χ3n) is 4.30. The quantitative estimate of drug-likeness (QED) is 0.922. The van der Waals surface area contributed by atoms with Crippen LogP contribution in [0.3, 0.4) is 0 Å². The van der Waals surface area contributed by atoms with E-state index in [9.17, 15) is 4.79 Å². The Morgan fingerprint density at radius 2 is 2.14 bits per heavy atom. The molecule has 0 aliphatic carbocycles. The van der Waals surface area contributed by atoms with E-state index in [1.54, 1.807) is 6.33 Å². The number of imidazole rings is 1. The summed E-state index contributed by atoms with van der Waals surface area (Å²) < 4.78 is 4.01. The van der Waals surface area contributed by atoms with Crippen molar-refractivity contribution in [2.75, 3.05) is 6.54 Å². The Hall–Kier alpha value is -2.18. The highest BCUT2D eigenvalue weighted by atomic mass is 16.2. The van der Waals surface area contributed by atoms with Gasteiger partial charge in [-0.15, -0.1) is 10.2 Å². The van der Waals surface area contributed by atoms with Crippen LogP contribution in [0.2, 0.25) is 0 Å². The van der Waals surface area contributed by atoms with E-state index in [4.69, 9.17) is 0 Å². The normalized spacial score (nSPS) is 14.5. The molecule has 2 aromatic rings. The zero-order valence-corrected chi connectivity index (χ0v) is 13.2. The van der Waals surface area contributed by atoms with Crippen LogP contribution < -0.4 is 5.32 Å². The van der Waals surface area contributed by atoms with Crippen molar-refractivity contribution in [1.29, 1.82) is 0 Å². The highest BCUT2D eigenvalue weighted by Gasteiger charge is 2.19. The van der Waals surface area contributed by atoms with E-state index >= 15 is 0 Å². The standard InChI is InChI=1S/C15H22N6O/c1-11-12(2)20(10-17-11)9-7-16-15(22)14-19-18-13-6-4-3-5-8-21(13)14/h10H,3-9H2,1-2H3,(H,16,22). The smallest absolute Gasteiger partial charge is 0.289 e. The van der Waals surface area contributed by atoms with Crippen molar-refractivity contribution >= 4 is 5.91 Å². The van der Waals surface area contributed by atoms with Gasteiger partial charge in [-0.25, -0.2) is 4.98 Å². The predicted molar refractivity (Wildman–Crippen MR) is 81.6 cm³/mol. The maximum absolute atomic E-state index is 12.3. The Morgan fingerprint density at radius 3 is 2.91 bits per heavy atom. The minimum Gasteiger partial charge on any atom is -0.348 e. The number of carbonyl (C=O) groups is 1. The number of amides is 1. The highest BCUT2D eigenvalue weighted by molar-refractivity contribution is 5.90. The van der Waals surface area contributed by atoms with Crippen LogP contribution in [-0.2, 0) is 19.5 Å². The van der Waals surface area contributed by atoms with Crippen LogP contribution in [0.1, 0.15) is 47.1 Å². The van der Waals surface area contributed by atoms with Gasteiger partial charge >= 0.3 is 0 Å². The molecule has 3 rings (SSSR count). The minimum absolute atomic E-state index is 0.143. The van der Waals surface area contributed by atoms with E-state index in [0.29, 0.717) is 18.9 Å². The van der Waals surface area contributed by atoms with Crippen LogP contribution in [0, 0.1) is 13.8 Å². The largest absolute Gasteiger partial charge is 0.348 e. The molecule has 1 amide bonds. The Morgan fingerprint density at radius 1 is 1.27 bits per heavy atom. The lowest BCUT2D eigenvalue weighted by Gasteiger charge is -2.09. The molecule has 0 unspecified atom stereocenters. The molecule has 1 N–H and O–H groups in total. The van der Waals surface area contributed by atoms with Gasteiger partial charge in [0.15, 0.2) is 0 Å². The molecule has 0 saturated carbocycles. The van der Waals surface area contributed by atoms with Gasteiger partial charge in [-0.2, -0.15) is 0 Å². The molecule has 7 heteroatoms. The van der Waals surface area contributed by atoms with Crippen molar-refractivity contribution in [2.24, 2.45) is 0 Å². The number of hydrogen-bond donors (Lipinski definition) is 1. The molecule has 7 nitrogen and oxygen atoms in total. The molecule has 0 atom stereocenters. The molecule has 2 aromatic heterocycles. The number of carbonyl (C=O) groups excluding carboxylic acids is 1. The maximum Gasteiger partial charge on any atom is 0.289 e. The SMILES string of the molecule is Cc1ncn(CCNC(=O)c2nnc3n2CCCCC3)c1C. The zero-order chi connectivity index (χ0) is 15.5. The van der Waals surface area contributed by atoms with E-state index in [-0.39, 0.29) is 5.91 Å². The van der Waals surface area contributed by atoms with Gasteiger partial charge in [0, 0.05) is 31.7 Å². The van der Waals surface area contributed by atoms with Gasteiger partial charge < -0.3 is 14.5 Å². The summed E-state index contributed by atoms with van der Waals surface area (Å²) in [6, 6.07) is 0. The van der Waals surface area contributed by atoms with Crippen LogP contribution in [0.25, 0.3) is 0 Å². The molecule has 22 heavy (non-hydrogen) atoms. The number of rotatable bonds is 4. The van der Waals surface area contributed by atoms with Crippen LogP contribution >= 0.6 is 0 Å². The van der Waals surface area contributed by atoms with E-state index in [2.05, 4.69) is 20.5 Å². The average Bonchev–Trinajstić information content (AvgIpc) is 2.96. The van der Waals surface area contributed by atoms with E-state index in [1.807, 2.05) is 23.0 Å². The van der Waals surface area contributed by atoms with Gasteiger partial charge in [0.1, 0.15) is 5.82 Å². The lowest BCUT2D eigenvalue weighted by atomic mass is 10.2. The summed E-state index contributed by atoms with van der Waals surface area (Å²) in [4.78, 5) is 16.6. The fourth-order valence-electron chi connectivity index (χ4n) is 2.79. The lowest BCUT2D eigenvalue weighted by molar-refractivity contribution is 0.0936. The Bertz CT molecular complexity index is 672. The molecular formula is C15H22N6O. The van der Waals surface area contributed by atoms with Gasteiger partial charge in [-0.05, 0) is 26.7 Å². The fraction of sp³-hybridized carbons (Fsp3) is 0.600. The number of nitrogens with one attached hydrogen (secondary N) is 1. The minimum atomic E-state index is -0.143. The maximum atomic E-state index is 12.3. The number of hydrogen-bond acceptors (Lipinski definition) is 4. The third-order valence-corrected chi connectivity index (χ3v) is 4.30. The Balaban J connectivity index is 1.61. The molecule has 0 aromatic carbocycles. The number of fused-ring (bicyclic) bond motifs is 1. The second-order valence-electron chi connectivity index (χ2n) is 5.77. The molecule has 3 heterocycles. The molecule has 0 spiro atoms. The second kappa shape index (κ2) is 6.29. The summed E-state index contributed by atoms with van der Waals surface area (Å²) in [6.45, 7) is 6.11. The number of nitrogens with zero attached hydrogens (tertiary/aromatic N) is 5. The molecule has 0 saturated heterocycles. The van der Waals surface area contributed by atoms with Gasteiger partial charge in [0.2, 0.25) is 5.82 Å². The van der Waals surface area contributed by atoms with Gasteiger partial charge in [-0.3, -0.25) is 4.79 Å². The van der Waals surface area contributed by atoms with Gasteiger partial charge in [0.25, 0.3) is 5.91 Å². The molecular weight excluding hydrogens is 280 g/mol. The fourth-order valence-corrected chi connectivity index (χ4v) is 2.79. The van der Waals surface area contributed by atoms with Crippen molar-refractivity contribution in [2.45, 2.75) is 52.6 Å². The summed E-state index contributed by atoms with van der Waals surface area (Å²) in [5.74, 6) is 1.23. The number of aromatic nitrogens is 5. The van der Waals surface area contributed by atoms with Crippen LogP contribution in [0.5, 0.6) is 0 Å². The summed E-state index contributed by atoms with van der Waals surface area (Å²) in [5.41, 5.74) is 2.15. The van der Waals surface area contributed by atoms with E-state index < -0.39 is 0 Å².